The molecule has 11 nitrogen and oxygen atoms in total. The average molecular weight is 555 g/mol. The number of benzene rings is 2. The van der Waals surface area contributed by atoms with Crippen molar-refractivity contribution >= 4 is 5.69 Å². The molecule has 0 amide bonds. The molecule has 0 bridgehead atoms. The van der Waals surface area contributed by atoms with E-state index in [9.17, 15) is 10.2 Å². The predicted molar refractivity (Wildman–Crippen MR) is 148 cm³/mol. The number of aromatic nitrogens is 1. The highest BCUT2D eigenvalue weighted by Gasteiger charge is 2.77. The highest BCUT2D eigenvalue weighted by molar-refractivity contribution is 5.60. The summed E-state index contributed by atoms with van der Waals surface area (Å²) in [5.74, 6) is -0.0724. The van der Waals surface area contributed by atoms with Gasteiger partial charge in [-0.25, -0.2) is 0 Å². The van der Waals surface area contributed by atoms with Crippen LogP contribution in [0.5, 0.6) is 17.5 Å². The van der Waals surface area contributed by atoms with Gasteiger partial charge < -0.3 is 29.3 Å². The quantitative estimate of drug-likeness (QED) is 0.239. The summed E-state index contributed by atoms with van der Waals surface area (Å²) < 4.78 is 17.9. The molecule has 1 aromatic heterocycles. The molecular weight excluding hydrogens is 524 g/mol. The molecule has 6 rings (SSSR count). The molecule has 3 aromatic rings. The number of azide groups is 1. The second-order valence-corrected chi connectivity index (χ2v) is 10.8. The van der Waals surface area contributed by atoms with E-state index >= 15 is 0 Å². The first-order valence-corrected chi connectivity index (χ1v) is 13.4. The van der Waals surface area contributed by atoms with Crippen molar-refractivity contribution in [3.63, 3.8) is 0 Å². The van der Waals surface area contributed by atoms with E-state index in [1.807, 2.05) is 30.3 Å². The molecule has 0 radical (unpaired) electrons. The summed E-state index contributed by atoms with van der Waals surface area (Å²) in [6.45, 7) is 1.96. The van der Waals surface area contributed by atoms with Gasteiger partial charge in [-0.2, -0.15) is 10.2 Å². The third kappa shape index (κ3) is 3.91. The van der Waals surface area contributed by atoms with Crippen LogP contribution in [0, 0.1) is 23.2 Å². The number of ether oxygens (including phenoxy) is 3. The van der Waals surface area contributed by atoms with E-state index in [0.717, 1.165) is 18.7 Å². The van der Waals surface area contributed by atoms with Crippen LogP contribution in [0.1, 0.15) is 29.0 Å². The van der Waals surface area contributed by atoms with E-state index in [4.69, 9.17) is 25.0 Å². The van der Waals surface area contributed by atoms with Crippen LogP contribution in [0.15, 0.2) is 65.8 Å². The lowest BCUT2D eigenvalue weighted by Crippen LogP contribution is -2.52. The van der Waals surface area contributed by atoms with Gasteiger partial charge in [0.15, 0.2) is 11.2 Å². The van der Waals surface area contributed by atoms with Crippen LogP contribution in [0.2, 0.25) is 0 Å². The highest BCUT2D eigenvalue weighted by atomic mass is 16.5. The Morgan fingerprint density at radius 1 is 1.17 bits per heavy atom. The third-order valence-corrected chi connectivity index (χ3v) is 8.74. The van der Waals surface area contributed by atoms with E-state index in [1.165, 1.54) is 14.2 Å². The molecule has 5 atom stereocenters. The number of fused-ring (bicyclic) bond motifs is 3. The minimum absolute atomic E-state index is 0.0963. The number of nitriles is 1. The molecule has 1 aliphatic carbocycles. The molecule has 2 N–H and O–H groups in total. The van der Waals surface area contributed by atoms with Crippen LogP contribution in [0.25, 0.3) is 10.4 Å². The van der Waals surface area contributed by atoms with Crippen LogP contribution in [-0.4, -0.2) is 60.1 Å². The summed E-state index contributed by atoms with van der Waals surface area (Å²) in [7, 11) is 2.93. The Bertz CT molecular complexity index is 1530. The predicted octanol–water partition coefficient (Wildman–Crippen LogP) is 4.14. The number of hydrogen-bond donors (Lipinski definition) is 2. The number of rotatable bonds is 8. The van der Waals surface area contributed by atoms with Gasteiger partial charge in [0, 0.05) is 54.6 Å². The molecule has 0 spiro atoms. The van der Waals surface area contributed by atoms with Crippen molar-refractivity contribution < 1.29 is 24.4 Å². The topological polar surface area (TPSA) is 157 Å². The van der Waals surface area contributed by atoms with Gasteiger partial charge in [0.25, 0.3) is 0 Å². The minimum atomic E-state index is -1.98. The van der Waals surface area contributed by atoms with Crippen molar-refractivity contribution in [2.75, 3.05) is 33.9 Å². The summed E-state index contributed by atoms with van der Waals surface area (Å²) in [6.07, 6.45) is -0.803. The zero-order valence-electron chi connectivity index (χ0n) is 22.7. The van der Waals surface area contributed by atoms with Crippen LogP contribution >= 0.6 is 0 Å². The van der Waals surface area contributed by atoms with Gasteiger partial charge in [-0.05, 0) is 22.6 Å². The molecule has 2 fully saturated rings. The minimum Gasteiger partial charge on any atom is -0.481 e. The fourth-order valence-electron chi connectivity index (χ4n) is 7.08. The third-order valence-electron chi connectivity index (χ3n) is 8.74. The Morgan fingerprint density at radius 2 is 1.90 bits per heavy atom. The van der Waals surface area contributed by atoms with E-state index in [1.54, 1.807) is 30.3 Å². The first-order valence-electron chi connectivity index (χ1n) is 13.4. The van der Waals surface area contributed by atoms with Crippen LogP contribution < -0.4 is 14.2 Å². The Labute approximate surface area is 237 Å². The number of aliphatic hydroxyl groups excluding tert-OH is 1. The molecule has 3 aliphatic rings. The molecule has 1 saturated heterocycles. The molecule has 3 heterocycles. The van der Waals surface area contributed by atoms with Crippen molar-refractivity contribution in [3.05, 3.63) is 87.8 Å². The van der Waals surface area contributed by atoms with Crippen LogP contribution in [-0.2, 0) is 11.2 Å². The number of aliphatic hydroxyl groups is 2. The summed E-state index contributed by atoms with van der Waals surface area (Å²) in [5, 5.41) is 38.1. The summed E-state index contributed by atoms with van der Waals surface area (Å²) in [6, 6.07) is 20.4. The van der Waals surface area contributed by atoms with Gasteiger partial charge >= 0.3 is 0 Å². The maximum absolute atomic E-state index is 13.0. The molecule has 1 saturated carbocycles. The number of pyridine rings is 1. The van der Waals surface area contributed by atoms with Crippen molar-refractivity contribution in [1.82, 2.24) is 9.88 Å². The van der Waals surface area contributed by atoms with Gasteiger partial charge in [0.2, 0.25) is 11.8 Å². The first-order chi connectivity index (χ1) is 19.9. The van der Waals surface area contributed by atoms with Gasteiger partial charge in [-0.15, -0.1) is 0 Å². The number of hydrogen-bond acceptors (Lipinski definition) is 9. The SMILES string of the molecule is COc1cc2c(c(OC)n1)[C@]1(O)[C@H](O)[C@H](CN3CC(CC#N)C3)[C@@H](c3ccccc3)[C@]1(c1ccc(N=[N+]=[N-])cc1)O2. The molecule has 0 unspecified atom stereocenters. The maximum Gasteiger partial charge on any atom is 0.226 e. The van der Waals surface area contributed by atoms with Crippen molar-refractivity contribution in [2.24, 2.45) is 17.0 Å². The second-order valence-electron chi connectivity index (χ2n) is 10.8. The summed E-state index contributed by atoms with van der Waals surface area (Å²) >= 11 is 0. The zero-order valence-corrected chi connectivity index (χ0v) is 22.7. The van der Waals surface area contributed by atoms with E-state index in [2.05, 4.69) is 26.0 Å². The second kappa shape index (κ2) is 10.3. The largest absolute Gasteiger partial charge is 0.481 e. The molecule has 2 aromatic carbocycles. The zero-order chi connectivity index (χ0) is 28.8. The fraction of sp³-hybridized carbons (Fsp3) is 0.400. The standard InChI is InChI=1S/C30H30N6O5/c1-39-24-14-23-26(28(33-24)40-2)29(38)27(37)22(17-36-15-18(16-36)12-13-31)25(19-6-4-3-5-7-19)30(29,41-23)20-8-10-21(11-9-20)34-35-32/h3-11,14,18,22,25,27,37-38H,12,15-17H2,1-2H3/t22-,25-,27-,29+,30+/m1/s1. The van der Waals surface area contributed by atoms with E-state index in [-0.39, 0.29) is 23.2 Å². The lowest BCUT2D eigenvalue weighted by atomic mass is 9.70. The van der Waals surface area contributed by atoms with Crippen molar-refractivity contribution in [1.29, 1.82) is 5.26 Å². The number of likely N-dealkylation sites (tertiary alicyclic amines) is 1. The van der Waals surface area contributed by atoms with Crippen molar-refractivity contribution in [3.8, 4) is 23.6 Å². The van der Waals surface area contributed by atoms with Gasteiger partial charge in [0.05, 0.1) is 32.0 Å². The molecule has 41 heavy (non-hydrogen) atoms. The lowest BCUT2D eigenvalue weighted by Gasteiger charge is -2.43. The van der Waals surface area contributed by atoms with Crippen molar-refractivity contribution in [2.45, 2.75) is 29.6 Å². The lowest BCUT2D eigenvalue weighted by molar-refractivity contribution is -0.153. The first kappa shape index (κ1) is 26.9. The van der Waals surface area contributed by atoms with Gasteiger partial charge in [-0.3, -0.25) is 0 Å². The Morgan fingerprint density at radius 3 is 2.54 bits per heavy atom. The number of methoxy groups -OCH3 is 2. The normalized spacial score (nSPS) is 28.4. The van der Waals surface area contributed by atoms with Gasteiger partial charge in [-0.1, -0.05) is 59.7 Å². The average Bonchev–Trinajstić information content (AvgIpc) is 3.34. The smallest absolute Gasteiger partial charge is 0.226 e. The fourth-order valence-corrected chi connectivity index (χ4v) is 7.08. The Hall–Kier alpha value is -4.33. The summed E-state index contributed by atoms with van der Waals surface area (Å²) in [4.78, 5) is 9.52. The molecule has 11 heteroatoms. The summed E-state index contributed by atoms with van der Waals surface area (Å²) in [5.41, 5.74) is 7.60. The molecular formula is C30H30N6O5. The Kier molecular flexibility index (Phi) is 6.72. The maximum atomic E-state index is 13.0. The van der Waals surface area contributed by atoms with Gasteiger partial charge in [0.1, 0.15) is 5.75 Å². The number of nitrogens with zero attached hydrogens (tertiary/aromatic N) is 6. The molecule has 210 valence electrons. The molecule has 2 aliphatic heterocycles. The highest BCUT2D eigenvalue weighted by Crippen LogP contribution is 2.70. The monoisotopic (exact) mass is 554 g/mol. The van der Waals surface area contributed by atoms with E-state index < -0.39 is 29.1 Å². The van der Waals surface area contributed by atoms with Crippen LogP contribution in [0.3, 0.4) is 0 Å². The Balaban J connectivity index is 1.58. The van der Waals surface area contributed by atoms with E-state index in [0.29, 0.717) is 30.0 Å². The van der Waals surface area contributed by atoms with Crippen LogP contribution in [0.4, 0.5) is 5.69 Å².